The van der Waals surface area contributed by atoms with Crippen molar-refractivity contribution in [1.29, 1.82) is 0 Å². The molecule has 1 aliphatic rings. The summed E-state index contributed by atoms with van der Waals surface area (Å²) in [5.74, 6) is 0.273. The number of aromatic hydroxyl groups is 1. The van der Waals surface area contributed by atoms with Crippen LogP contribution in [0.2, 0.25) is 0 Å². The molecule has 98 valence electrons. The Morgan fingerprint density at radius 3 is 1.83 bits per heavy atom. The van der Waals surface area contributed by atoms with Crippen LogP contribution in [0, 0.1) is 19.3 Å². The van der Waals surface area contributed by atoms with E-state index in [4.69, 9.17) is 0 Å². The molecule has 0 bridgehead atoms. The van der Waals surface area contributed by atoms with E-state index in [-0.39, 0.29) is 16.7 Å². The molecule has 0 amide bonds. The van der Waals surface area contributed by atoms with E-state index in [0.29, 0.717) is 0 Å². The van der Waals surface area contributed by atoms with Gasteiger partial charge in [-0.3, -0.25) is 5.21 Å². The van der Waals surface area contributed by atoms with Gasteiger partial charge in [-0.2, -0.15) is 0 Å². The number of rotatable bonds is 1. The first-order valence-corrected chi connectivity index (χ1v) is 6.28. The SMILES string of the molecule is Cc1cc(O)cc(C)c1C1=[N+](O)C(C)(C)C1(C)C. The van der Waals surface area contributed by atoms with Crippen LogP contribution in [0.15, 0.2) is 12.1 Å². The number of nitrogens with zero attached hydrogens (tertiary/aromatic N) is 1. The summed E-state index contributed by atoms with van der Waals surface area (Å²) in [6, 6.07) is 3.48. The Morgan fingerprint density at radius 1 is 1.00 bits per heavy atom. The molecule has 0 atom stereocenters. The van der Waals surface area contributed by atoms with Gasteiger partial charge >= 0.3 is 0 Å². The summed E-state index contributed by atoms with van der Waals surface area (Å²) < 4.78 is 1.36. The summed E-state index contributed by atoms with van der Waals surface area (Å²) in [6.07, 6.45) is 0. The van der Waals surface area contributed by atoms with E-state index in [9.17, 15) is 10.3 Å². The molecule has 0 spiro atoms. The lowest BCUT2D eigenvalue weighted by molar-refractivity contribution is -0.855. The molecule has 0 saturated carbocycles. The van der Waals surface area contributed by atoms with Gasteiger partial charge in [0.15, 0.2) is 0 Å². The predicted octanol–water partition coefficient (Wildman–Crippen LogP) is 3.02. The molecule has 0 saturated heterocycles. The molecule has 0 aliphatic carbocycles. The van der Waals surface area contributed by atoms with Crippen LogP contribution in [0.5, 0.6) is 5.75 Å². The van der Waals surface area contributed by atoms with Crippen molar-refractivity contribution in [2.75, 3.05) is 0 Å². The number of hydrogen-bond donors (Lipinski definition) is 2. The van der Waals surface area contributed by atoms with Crippen LogP contribution in [0.3, 0.4) is 0 Å². The molecule has 1 aliphatic heterocycles. The van der Waals surface area contributed by atoms with Crippen LogP contribution in [0.25, 0.3) is 0 Å². The summed E-state index contributed by atoms with van der Waals surface area (Å²) >= 11 is 0. The minimum Gasteiger partial charge on any atom is -0.508 e. The number of phenolic OH excluding ortho intramolecular Hbond substituents is 1. The smallest absolute Gasteiger partial charge is 0.248 e. The number of hydrogen-bond acceptors (Lipinski definition) is 2. The topological polar surface area (TPSA) is 43.5 Å². The molecule has 0 fully saturated rings. The lowest BCUT2D eigenvalue weighted by Crippen LogP contribution is -2.65. The van der Waals surface area contributed by atoms with E-state index in [0.717, 1.165) is 22.4 Å². The van der Waals surface area contributed by atoms with Crippen molar-refractivity contribution in [1.82, 2.24) is 0 Å². The minimum atomic E-state index is -0.279. The van der Waals surface area contributed by atoms with Gasteiger partial charge in [-0.1, -0.05) is 0 Å². The molecular weight excluding hydrogens is 226 g/mol. The second-order valence-electron chi connectivity index (χ2n) is 6.30. The highest BCUT2D eigenvalue weighted by molar-refractivity contribution is 6.06. The van der Waals surface area contributed by atoms with Gasteiger partial charge in [-0.25, -0.2) is 0 Å². The zero-order valence-corrected chi connectivity index (χ0v) is 12.0. The molecule has 0 unspecified atom stereocenters. The minimum absolute atomic E-state index is 0.103. The molecule has 18 heavy (non-hydrogen) atoms. The number of phenols is 1. The van der Waals surface area contributed by atoms with Gasteiger partial charge in [0.25, 0.3) is 0 Å². The first kappa shape index (κ1) is 12.9. The fourth-order valence-corrected chi connectivity index (χ4v) is 2.78. The van der Waals surface area contributed by atoms with E-state index in [2.05, 4.69) is 13.8 Å². The second kappa shape index (κ2) is 3.50. The van der Waals surface area contributed by atoms with Crippen LogP contribution in [-0.4, -0.2) is 26.3 Å². The number of hydroxylamine groups is 1. The molecule has 0 radical (unpaired) electrons. The van der Waals surface area contributed by atoms with Crippen molar-refractivity contribution in [3.8, 4) is 5.75 Å². The maximum absolute atomic E-state index is 10.3. The van der Waals surface area contributed by atoms with Gasteiger partial charge in [-0.15, -0.1) is 0 Å². The van der Waals surface area contributed by atoms with Gasteiger partial charge < -0.3 is 5.11 Å². The Bertz CT molecular complexity index is 531. The van der Waals surface area contributed by atoms with E-state index in [1.165, 1.54) is 4.74 Å². The molecule has 1 aromatic rings. The summed E-state index contributed by atoms with van der Waals surface area (Å²) in [7, 11) is 0. The van der Waals surface area contributed by atoms with Crippen molar-refractivity contribution in [3.63, 3.8) is 0 Å². The maximum atomic E-state index is 10.3. The normalized spacial score (nSPS) is 20.8. The first-order chi connectivity index (χ1) is 8.10. The summed E-state index contributed by atoms with van der Waals surface area (Å²) in [6.45, 7) is 12.3. The molecular formula is C15H22NO2+. The molecule has 3 heteroatoms. The zero-order valence-electron chi connectivity index (χ0n) is 12.0. The molecule has 0 aromatic heterocycles. The van der Waals surface area contributed by atoms with E-state index in [1.807, 2.05) is 27.7 Å². The highest BCUT2D eigenvalue weighted by Gasteiger charge is 2.65. The van der Waals surface area contributed by atoms with E-state index in [1.54, 1.807) is 12.1 Å². The van der Waals surface area contributed by atoms with Gasteiger partial charge in [0.2, 0.25) is 11.3 Å². The summed E-state index contributed by atoms with van der Waals surface area (Å²) in [4.78, 5) is 0. The van der Waals surface area contributed by atoms with Crippen molar-refractivity contribution in [3.05, 3.63) is 28.8 Å². The van der Waals surface area contributed by atoms with Crippen molar-refractivity contribution in [2.24, 2.45) is 5.41 Å². The highest BCUT2D eigenvalue weighted by Crippen LogP contribution is 2.46. The molecule has 1 heterocycles. The van der Waals surface area contributed by atoms with Crippen molar-refractivity contribution in [2.45, 2.75) is 47.1 Å². The monoisotopic (exact) mass is 248 g/mol. The first-order valence-electron chi connectivity index (χ1n) is 6.28. The van der Waals surface area contributed by atoms with Gasteiger partial charge in [0, 0.05) is 13.8 Å². The lowest BCUT2D eigenvalue weighted by atomic mass is 9.62. The zero-order chi connectivity index (χ0) is 13.9. The Balaban J connectivity index is 2.70. The van der Waals surface area contributed by atoms with Crippen molar-refractivity contribution < 1.29 is 15.1 Å². The largest absolute Gasteiger partial charge is 0.508 e. The summed E-state index contributed by atoms with van der Waals surface area (Å²) in [5.41, 5.74) is 3.57. The van der Waals surface area contributed by atoms with E-state index >= 15 is 0 Å². The second-order valence-corrected chi connectivity index (χ2v) is 6.30. The van der Waals surface area contributed by atoms with Crippen LogP contribution in [0.4, 0.5) is 0 Å². The van der Waals surface area contributed by atoms with E-state index < -0.39 is 0 Å². The average molecular weight is 248 g/mol. The van der Waals surface area contributed by atoms with Crippen LogP contribution < -0.4 is 0 Å². The Hall–Kier alpha value is -1.51. The van der Waals surface area contributed by atoms with Crippen LogP contribution in [-0.2, 0) is 0 Å². The third-order valence-corrected chi connectivity index (χ3v) is 4.62. The molecule has 2 rings (SSSR count). The third-order valence-electron chi connectivity index (χ3n) is 4.62. The lowest BCUT2D eigenvalue weighted by Gasteiger charge is -2.43. The van der Waals surface area contributed by atoms with Crippen molar-refractivity contribution >= 4 is 5.71 Å². The quantitative estimate of drug-likeness (QED) is 0.592. The number of aryl methyl sites for hydroxylation is 2. The highest BCUT2D eigenvalue weighted by atomic mass is 16.5. The summed E-state index contributed by atoms with van der Waals surface area (Å²) in [5, 5.41) is 19.9. The third kappa shape index (κ3) is 1.39. The predicted molar refractivity (Wildman–Crippen MR) is 71.6 cm³/mol. The molecule has 1 aromatic carbocycles. The molecule has 3 nitrogen and oxygen atoms in total. The Labute approximate surface area is 108 Å². The fraction of sp³-hybridized carbons (Fsp3) is 0.533. The van der Waals surface area contributed by atoms with Gasteiger partial charge in [0.1, 0.15) is 11.2 Å². The standard InChI is InChI=1S/C15H21NO2/c1-9-7-11(17)8-10(2)12(9)13-14(3,4)15(5,6)16(13)18/h7-8,18H,1-6H3/p+1. The van der Waals surface area contributed by atoms with Crippen LogP contribution >= 0.6 is 0 Å². The van der Waals surface area contributed by atoms with Gasteiger partial charge in [0.05, 0.1) is 5.56 Å². The Kier molecular flexibility index (Phi) is 2.51. The number of benzene rings is 1. The maximum Gasteiger partial charge on any atom is 0.248 e. The fourth-order valence-electron chi connectivity index (χ4n) is 2.78. The average Bonchev–Trinajstić information content (AvgIpc) is 2.21. The Morgan fingerprint density at radius 2 is 1.44 bits per heavy atom. The van der Waals surface area contributed by atoms with Gasteiger partial charge in [-0.05, 0) is 55.7 Å². The molecule has 2 N–H and O–H groups in total. The van der Waals surface area contributed by atoms with Crippen LogP contribution in [0.1, 0.15) is 44.4 Å².